The highest BCUT2D eigenvalue weighted by atomic mass is 32.2. The van der Waals surface area contributed by atoms with Crippen molar-refractivity contribution in [1.29, 1.82) is 0 Å². The van der Waals surface area contributed by atoms with Gasteiger partial charge in [0.25, 0.3) is 11.0 Å². The number of thiol groups is 1. The minimum Gasteiger partial charge on any atom is -0.463 e. The average Bonchev–Trinajstić information content (AvgIpc) is 2.71. The van der Waals surface area contributed by atoms with Crippen LogP contribution in [0.3, 0.4) is 0 Å². The molecule has 0 fully saturated rings. The van der Waals surface area contributed by atoms with Crippen LogP contribution in [0.15, 0.2) is 34.9 Å². The predicted molar refractivity (Wildman–Crippen MR) is 60.8 cm³/mol. The molecule has 0 spiro atoms. The molecule has 18 heavy (non-hydrogen) atoms. The smallest absolute Gasteiger partial charge is 0.363 e. The van der Waals surface area contributed by atoms with E-state index in [9.17, 15) is 13.2 Å². The van der Waals surface area contributed by atoms with Gasteiger partial charge in [0.1, 0.15) is 17.4 Å². The highest BCUT2D eigenvalue weighted by Gasteiger charge is 2.17. The zero-order chi connectivity index (χ0) is 13.1. The summed E-state index contributed by atoms with van der Waals surface area (Å²) in [6.07, 6.45) is 1.23. The fourth-order valence-electron chi connectivity index (χ4n) is 1.41. The van der Waals surface area contributed by atoms with E-state index in [0.717, 1.165) is 7.05 Å². The molecule has 0 aliphatic carbocycles. The van der Waals surface area contributed by atoms with Crippen LogP contribution in [0.5, 0.6) is 0 Å². The third-order valence-corrected chi connectivity index (χ3v) is 2.46. The first kappa shape index (κ1) is 12.6. The number of furan rings is 1. The minimum atomic E-state index is -3.14. The van der Waals surface area contributed by atoms with Crippen LogP contribution < -0.4 is 0 Å². The van der Waals surface area contributed by atoms with Crippen molar-refractivity contribution in [1.82, 2.24) is 5.23 Å². The number of carbonyl (C=O) groups excluding carboxylic acids is 1. The first-order valence-corrected chi connectivity index (χ1v) is 5.92. The Balaban J connectivity index is 2.19. The number of hydrogen-bond acceptors (Lipinski definition) is 7. The molecule has 0 radical (unpaired) electrons. The Morgan fingerprint density at radius 1 is 1.33 bits per heavy atom. The van der Waals surface area contributed by atoms with Gasteiger partial charge in [0.15, 0.2) is 0 Å². The molecule has 8 heteroatoms. The van der Waals surface area contributed by atoms with E-state index in [0.29, 0.717) is 16.2 Å². The summed E-state index contributed by atoms with van der Waals surface area (Å²) >= 11 is 0. The number of para-hydroxylation sites is 1. The van der Waals surface area contributed by atoms with E-state index in [4.69, 9.17) is 4.42 Å². The van der Waals surface area contributed by atoms with Gasteiger partial charge >= 0.3 is 5.97 Å². The summed E-state index contributed by atoms with van der Waals surface area (Å²) in [6, 6.07) is 6.88. The Hall–Kier alpha value is -1.90. The SMILES string of the molecule is CN(OC(=O)c1coc2ccccc12)O[SH](=O)=O. The van der Waals surface area contributed by atoms with Crippen LogP contribution in [0.2, 0.25) is 0 Å². The molecule has 0 atom stereocenters. The third-order valence-electron chi connectivity index (χ3n) is 2.09. The second-order valence-corrected chi connectivity index (χ2v) is 3.88. The number of hydroxylamine groups is 2. The molecule has 0 saturated carbocycles. The molecule has 96 valence electrons. The summed E-state index contributed by atoms with van der Waals surface area (Å²) in [5.74, 6) is -0.778. The van der Waals surface area contributed by atoms with Crippen molar-refractivity contribution >= 4 is 27.9 Å². The first-order valence-electron chi connectivity index (χ1n) is 4.82. The van der Waals surface area contributed by atoms with Gasteiger partial charge in [-0.25, -0.2) is 13.2 Å². The van der Waals surface area contributed by atoms with Gasteiger partial charge in [-0.15, -0.1) is 4.28 Å². The Bertz CT molecular complexity index is 639. The third kappa shape index (κ3) is 2.67. The summed E-state index contributed by atoms with van der Waals surface area (Å²) in [4.78, 5) is 16.4. The molecule has 1 aromatic heterocycles. The van der Waals surface area contributed by atoms with Crippen LogP contribution in [0, 0.1) is 0 Å². The molecular formula is C10H9NO6S. The second-order valence-electron chi connectivity index (χ2n) is 3.27. The lowest BCUT2D eigenvalue weighted by Gasteiger charge is -2.10. The molecule has 1 heterocycles. The van der Waals surface area contributed by atoms with E-state index >= 15 is 0 Å². The molecule has 0 bridgehead atoms. The lowest BCUT2D eigenvalue weighted by atomic mass is 10.2. The van der Waals surface area contributed by atoms with Crippen molar-refractivity contribution in [3.63, 3.8) is 0 Å². The fraction of sp³-hybridized carbons (Fsp3) is 0.100. The van der Waals surface area contributed by atoms with E-state index in [2.05, 4.69) is 9.12 Å². The van der Waals surface area contributed by atoms with Gasteiger partial charge in [0.05, 0.1) is 7.05 Å². The van der Waals surface area contributed by atoms with Gasteiger partial charge in [0, 0.05) is 5.39 Å². The Morgan fingerprint density at radius 2 is 2.06 bits per heavy atom. The quantitative estimate of drug-likeness (QED) is 0.653. The molecular weight excluding hydrogens is 262 g/mol. The van der Waals surface area contributed by atoms with Crippen molar-refractivity contribution < 1.29 is 26.8 Å². The summed E-state index contributed by atoms with van der Waals surface area (Å²) < 4.78 is 29.8. The number of hydrogen-bond donors (Lipinski definition) is 1. The van der Waals surface area contributed by atoms with Crippen molar-refractivity contribution in [2.45, 2.75) is 0 Å². The van der Waals surface area contributed by atoms with E-state index in [1.54, 1.807) is 24.3 Å². The van der Waals surface area contributed by atoms with Gasteiger partial charge < -0.3 is 9.25 Å². The first-order chi connectivity index (χ1) is 8.58. The molecule has 7 nitrogen and oxygen atoms in total. The van der Waals surface area contributed by atoms with Gasteiger partial charge in [-0.1, -0.05) is 18.2 Å². The Kier molecular flexibility index (Phi) is 3.60. The maximum absolute atomic E-state index is 11.7. The van der Waals surface area contributed by atoms with Crippen LogP contribution in [0.4, 0.5) is 0 Å². The summed E-state index contributed by atoms with van der Waals surface area (Å²) in [5, 5.41) is 1.03. The second kappa shape index (κ2) is 5.17. The average molecular weight is 271 g/mol. The van der Waals surface area contributed by atoms with E-state index < -0.39 is 17.0 Å². The van der Waals surface area contributed by atoms with Gasteiger partial charge in [-0.3, -0.25) is 0 Å². The molecule has 0 unspecified atom stereocenters. The van der Waals surface area contributed by atoms with Crippen molar-refractivity contribution in [3.05, 3.63) is 36.1 Å². The predicted octanol–water partition coefficient (Wildman–Crippen LogP) is 0.894. The Labute approximate surface area is 104 Å². The van der Waals surface area contributed by atoms with Crippen molar-refractivity contribution in [2.75, 3.05) is 7.05 Å². The highest BCUT2D eigenvalue weighted by Crippen LogP contribution is 2.21. The van der Waals surface area contributed by atoms with Crippen LogP contribution >= 0.6 is 0 Å². The van der Waals surface area contributed by atoms with Gasteiger partial charge in [-0.2, -0.15) is 0 Å². The summed E-state index contributed by atoms with van der Waals surface area (Å²) in [6.45, 7) is 0. The molecule has 0 N–H and O–H groups in total. The zero-order valence-electron chi connectivity index (χ0n) is 9.23. The Morgan fingerprint density at radius 3 is 2.78 bits per heavy atom. The van der Waals surface area contributed by atoms with Crippen LogP contribution in [-0.2, 0) is 20.1 Å². The van der Waals surface area contributed by atoms with Crippen LogP contribution in [-0.4, -0.2) is 26.7 Å². The van der Waals surface area contributed by atoms with Crippen molar-refractivity contribution in [2.24, 2.45) is 0 Å². The van der Waals surface area contributed by atoms with E-state index in [-0.39, 0.29) is 5.56 Å². The minimum absolute atomic E-state index is 0.183. The number of rotatable bonds is 4. The maximum Gasteiger partial charge on any atom is 0.363 e. The van der Waals surface area contributed by atoms with Crippen LogP contribution in [0.1, 0.15) is 10.4 Å². The molecule has 0 aliphatic rings. The molecule has 1 aromatic carbocycles. The maximum atomic E-state index is 11.7. The molecule has 2 aromatic rings. The lowest BCUT2D eigenvalue weighted by Crippen LogP contribution is -2.23. The molecule has 2 rings (SSSR count). The normalized spacial score (nSPS) is 11.3. The fourth-order valence-corrected chi connectivity index (χ4v) is 1.63. The molecule has 0 aliphatic heterocycles. The lowest BCUT2D eigenvalue weighted by molar-refractivity contribution is -0.254. The van der Waals surface area contributed by atoms with Gasteiger partial charge in [-0.05, 0) is 11.3 Å². The van der Waals surface area contributed by atoms with Crippen LogP contribution in [0.25, 0.3) is 11.0 Å². The standard InChI is InChI=1S/C10H9NO6S/c1-11(17-18(13)14)16-10(12)8-6-15-9-5-3-2-4-7(8)9/h2-6,18H,1H3. The molecule has 0 amide bonds. The number of fused-ring (bicyclic) bond motifs is 1. The molecule has 0 saturated heterocycles. The van der Waals surface area contributed by atoms with E-state index in [1.807, 2.05) is 0 Å². The van der Waals surface area contributed by atoms with Crippen molar-refractivity contribution in [3.8, 4) is 0 Å². The summed E-state index contributed by atoms with van der Waals surface area (Å²) in [5.41, 5.74) is 0.713. The topological polar surface area (TPSA) is 86.0 Å². The highest BCUT2D eigenvalue weighted by molar-refractivity contribution is 7.67. The number of carbonyl (C=O) groups is 1. The zero-order valence-corrected chi connectivity index (χ0v) is 10.1. The summed E-state index contributed by atoms with van der Waals surface area (Å²) in [7, 11) is -1.99. The largest absolute Gasteiger partial charge is 0.463 e. The monoisotopic (exact) mass is 271 g/mol. The number of benzene rings is 1. The van der Waals surface area contributed by atoms with E-state index in [1.165, 1.54) is 6.26 Å². The number of nitrogens with zero attached hydrogens (tertiary/aromatic N) is 1. The van der Waals surface area contributed by atoms with Gasteiger partial charge in [0.2, 0.25) is 0 Å².